The van der Waals surface area contributed by atoms with E-state index in [0.717, 1.165) is 32.6 Å². The number of primary amides is 1. The van der Waals surface area contributed by atoms with Gasteiger partial charge in [-0.25, -0.2) is 0 Å². The predicted octanol–water partition coefficient (Wildman–Crippen LogP) is 0.182. The number of hydrogen-bond donors (Lipinski definition) is 2. The molecule has 0 aromatic rings. The first-order valence-electron chi connectivity index (χ1n) is 5.72. The number of rotatable bonds is 4. The summed E-state index contributed by atoms with van der Waals surface area (Å²) >= 11 is 0. The average Bonchev–Trinajstić information content (AvgIpc) is 2.17. The van der Waals surface area contributed by atoms with Crippen molar-refractivity contribution in [1.82, 2.24) is 10.2 Å². The second-order valence-electron chi connectivity index (χ2n) is 4.97. The van der Waals surface area contributed by atoms with Crippen molar-refractivity contribution in [1.29, 1.82) is 0 Å². The minimum Gasteiger partial charge on any atom is -0.368 e. The van der Waals surface area contributed by atoms with E-state index in [1.807, 2.05) is 6.92 Å². The summed E-state index contributed by atoms with van der Waals surface area (Å²) in [5, 5.41) is 3.29. The Bertz CT molecular complexity index is 224. The first-order valence-corrected chi connectivity index (χ1v) is 5.72. The van der Waals surface area contributed by atoms with Crippen LogP contribution >= 0.6 is 0 Å². The summed E-state index contributed by atoms with van der Waals surface area (Å²) in [6.07, 6.45) is 0.836. The first kappa shape index (κ1) is 12.5. The largest absolute Gasteiger partial charge is 0.368 e. The second-order valence-corrected chi connectivity index (χ2v) is 4.97. The summed E-state index contributed by atoms with van der Waals surface area (Å²) in [5.74, 6) is 0.287. The summed E-state index contributed by atoms with van der Waals surface area (Å²) in [6, 6.07) is 0. The van der Waals surface area contributed by atoms with Gasteiger partial charge in [-0.15, -0.1) is 0 Å². The Hall–Kier alpha value is -0.610. The lowest BCUT2D eigenvalue weighted by Crippen LogP contribution is -2.61. The van der Waals surface area contributed by atoms with Crippen LogP contribution in [0.1, 0.15) is 27.2 Å². The Morgan fingerprint density at radius 2 is 2.00 bits per heavy atom. The van der Waals surface area contributed by atoms with Gasteiger partial charge in [-0.3, -0.25) is 9.69 Å². The molecule has 1 fully saturated rings. The minimum absolute atomic E-state index is 0.196. The van der Waals surface area contributed by atoms with Crippen molar-refractivity contribution in [3.05, 3.63) is 0 Å². The summed E-state index contributed by atoms with van der Waals surface area (Å²) in [4.78, 5) is 13.8. The minimum atomic E-state index is -0.476. The number of piperazine rings is 1. The molecule has 0 spiro atoms. The van der Waals surface area contributed by atoms with Crippen molar-refractivity contribution in [2.75, 3.05) is 26.2 Å². The summed E-state index contributed by atoms with van der Waals surface area (Å²) < 4.78 is 0. The number of amides is 1. The maximum atomic E-state index is 11.6. The van der Waals surface area contributed by atoms with Crippen LogP contribution < -0.4 is 11.1 Å². The van der Waals surface area contributed by atoms with Crippen LogP contribution in [-0.4, -0.2) is 42.5 Å². The normalized spacial score (nSPS) is 22.7. The molecule has 1 unspecified atom stereocenters. The van der Waals surface area contributed by atoms with Gasteiger partial charge in [0.25, 0.3) is 0 Å². The fourth-order valence-electron chi connectivity index (χ4n) is 2.34. The lowest BCUT2D eigenvalue weighted by atomic mass is 9.87. The van der Waals surface area contributed by atoms with Gasteiger partial charge >= 0.3 is 0 Å². The van der Waals surface area contributed by atoms with Crippen LogP contribution in [-0.2, 0) is 4.79 Å². The van der Waals surface area contributed by atoms with Crippen LogP contribution in [0.2, 0.25) is 0 Å². The van der Waals surface area contributed by atoms with Crippen LogP contribution in [0.25, 0.3) is 0 Å². The Morgan fingerprint density at radius 3 is 2.40 bits per heavy atom. The van der Waals surface area contributed by atoms with Gasteiger partial charge in [0, 0.05) is 26.2 Å². The van der Waals surface area contributed by atoms with Crippen molar-refractivity contribution in [3.63, 3.8) is 0 Å². The van der Waals surface area contributed by atoms with E-state index in [1.165, 1.54) is 0 Å². The van der Waals surface area contributed by atoms with Crippen molar-refractivity contribution < 1.29 is 4.79 Å². The lowest BCUT2D eigenvalue weighted by Gasteiger charge is -2.42. The third-order valence-corrected chi connectivity index (χ3v) is 3.15. The van der Waals surface area contributed by atoms with E-state index < -0.39 is 5.54 Å². The molecule has 0 aliphatic carbocycles. The van der Waals surface area contributed by atoms with Crippen LogP contribution in [0.5, 0.6) is 0 Å². The number of carbonyl (C=O) groups is 1. The van der Waals surface area contributed by atoms with Gasteiger partial charge in [-0.1, -0.05) is 13.8 Å². The Balaban J connectivity index is 2.74. The molecule has 0 radical (unpaired) electrons. The quantitative estimate of drug-likeness (QED) is 0.700. The highest BCUT2D eigenvalue weighted by molar-refractivity contribution is 5.84. The van der Waals surface area contributed by atoms with Crippen LogP contribution in [0.4, 0.5) is 0 Å². The van der Waals surface area contributed by atoms with Crippen molar-refractivity contribution in [2.45, 2.75) is 32.7 Å². The van der Waals surface area contributed by atoms with Crippen LogP contribution in [0.15, 0.2) is 0 Å². The average molecular weight is 213 g/mol. The molecule has 4 nitrogen and oxygen atoms in total. The number of nitrogens with zero attached hydrogens (tertiary/aromatic N) is 1. The SMILES string of the molecule is CC(C)CC(C)(C(N)=O)N1CCNCC1. The van der Waals surface area contributed by atoms with Gasteiger partial charge < -0.3 is 11.1 Å². The third kappa shape index (κ3) is 2.92. The fraction of sp³-hybridized carbons (Fsp3) is 0.909. The van der Waals surface area contributed by atoms with Crippen LogP contribution in [0.3, 0.4) is 0 Å². The number of carbonyl (C=O) groups excluding carboxylic acids is 1. The zero-order chi connectivity index (χ0) is 11.5. The molecular formula is C11H23N3O. The molecule has 1 atom stereocenters. The van der Waals surface area contributed by atoms with Crippen LogP contribution in [0, 0.1) is 5.92 Å². The van der Waals surface area contributed by atoms with E-state index in [4.69, 9.17) is 5.73 Å². The zero-order valence-electron chi connectivity index (χ0n) is 10.0. The molecule has 1 aliphatic rings. The molecule has 0 saturated carbocycles. The smallest absolute Gasteiger partial charge is 0.237 e. The molecule has 4 heteroatoms. The van der Waals surface area contributed by atoms with E-state index in [1.54, 1.807) is 0 Å². The van der Waals surface area contributed by atoms with Gasteiger partial charge in [0.2, 0.25) is 5.91 Å². The highest BCUT2D eigenvalue weighted by Gasteiger charge is 2.38. The second kappa shape index (κ2) is 4.94. The van der Waals surface area contributed by atoms with Crippen molar-refractivity contribution >= 4 is 5.91 Å². The summed E-state index contributed by atoms with van der Waals surface area (Å²) in [5.41, 5.74) is 5.07. The Morgan fingerprint density at radius 1 is 1.47 bits per heavy atom. The van der Waals surface area contributed by atoms with Gasteiger partial charge in [0.05, 0.1) is 5.54 Å². The molecule has 0 aromatic carbocycles. The summed E-state index contributed by atoms with van der Waals surface area (Å²) in [7, 11) is 0. The molecule has 3 N–H and O–H groups in total. The molecule has 1 saturated heterocycles. The molecule has 88 valence electrons. The van der Waals surface area contributed by atoms with E-state index in [0.29, 0.717) is 5.92 Å². The Labute approximate surface area is 92.2 Å². The van der Waals surface area contributed by atoms with E-state index in [9.17, 15) is 4.79 Å². The zero-order valence-corrected chi connectivity index (χ0v) is 10.0. The van der Waals surface area contributed by atoms with Crippen molar-refractivity contribution in [3.8, 4) is 0 Å². The maximum Gasteiger partial charge on any atom is 0.237 e. The third-order valence-electron chi connectivity index (χ3n) is 3.15. The van der Waals surface area contributed by atoms with Gasteiger partial charge in [0.1, 0.15) is 0 Å². The molecule has 0 bridgehead atoms. The lowest BCUT2D eigenvalue weighted by molar-refractivity contribution is -0.130. The topological polar surface area (TPSA) is 58.4 Å². The van der Waals surface area contributed by atoms with Crippen molar-refractivity contribution in [2.24, 2.45) is 11.7 Å². The molecule has 1 aliphatic heterocycles. The molecule has 1 heterocycles. The number of hydrogen-bond acceptors (Lipinski definition) is 3. The Kier molecular flexibility index (Phi) is 4.11. The highest BCUT2D eigenvalue weighted by atomic mass is 16.1. The molecule has 0 aromatic heterocycles. The number of nitrogens with two attached hydrogens (primary N) is 1. The highest BCUT2D eigenvalue weighted by Crippen LogP contribution is 2.24. The van der Waals surface area contributed by atoms with Gasteiger partial charge in [-0.05, 0) is 19.3 Å². The summed E-state index contributed by atoms with van der Waals surface area (Å²) in [6.45, 7) is 9.94. The van der Waals surface area contributed by atoms with E-state index in [2.05, 4.69) is 24.1 Å². The fourth-order valence-corrected chi connectivity index (χ4v) is 2.34. The van der Waals surface area contributed by atoms with E-state index >= 15 is 0 Å². The standard InChI is InChI=1S/C11H23N3O/c1-9(2)8-11(3,10(12)15)14-6-4-13-5-7-14/h9,13H,4-8H2,1-3H3,(H2,12,15). The molecule has 1 rings (SSSR count). The first-order chi connectivity index (χ1) is 6.97. The number of nitrogens with one attached hydrogen (secondary N) is 1. The monoisotopic (exact) mass is 213 g/mol. The van der Waals surface area contributed by atoms with Gasteiger partial charge in [-0.2, -0.15) is 0 Å². The predicted molar refractivity (Wildman–Crippen MR) is 61.5 cm³/mol. The molecular weight excluding hydrogens is 190 g/mol. The molecule has 15 heavy (non-hydrogen) atoms. The molecule has 1 amide bonds. The van der Waals surface area contributed by atoms with Gasteiger partial charge in [0.15, 0.2) is 0 Å². The van der Waals surface area contributed by atoms with E-state index in [-0.39, 0.29) is 5.91 Å². The maximum absolute atomic E-state index is 11.6.